The Bertz CT molecular complexity index is 481. The van der Waals surface area contributed by atoms with Gasteiger partial charge in [-0.25, -0.2) is 0 Å². The zero-order valence-electron chi connectivity index (χ0n) is 10.8. The van der Waals surface area contributed by atoms with Crippen molar-refractivity contribution < 1.29 is 9.90 Å². The highest BCUT2D eigenvalue weighted by molar-refractivity contribution is 6.33. The minimum absolute atomic E-state index is 0.115. The van der Waals surface area contributed by atoms with Crippen molar-refractivity contribution in [2.45, 2.75) is 25.5 Å². The molecule has 1 fully saturated rings. The topological polar surface area (TPSA) is 78.6 Å². The smallest absolute Gasteiger partial charge is 0.241 e. The van der Waals surface area contributed by atoms with Gasteiger partial charge < -0.3 is 16.2 Å². The predicted molar refractivity (Wildman–Crippen MR) is 76.2 cm³/mol. The molecule has 1 saturated heterocycles. The Labute approximate surface area is 117 Å². The van der Waals surface area contributed by atoms with Gasteiger partial charge in [0.25, 0.3) is 0 Å². The average molecular weight is 284 g/mol. The number of rotatable bonds is 3. The van der Waals surface area contributed by atoms with Gasteiger partial charge >= 0.3 is 0 Å². The molecular formula is C13H18ClN3O2. The van der Waals surface area contributed by atoms with Gasteiger partial charge in [0, 0.05) is 18.8 Å². The molecule has 2 rings (SSSR count). The van der Waals surface area contributed by atoms with Crippen molar-refractivity contribution in [3.63, 3.8) is 0 Å². The number of hydrogen-bond donors (Lipinski definition) is 3. The Kier molecular flexibility index (Phi) is 4.29. The zero-order chi connectivity index (χ0) is 14.0. The van der Waals surface area contributed by atoms with E-state index in [-0.39, 0.29) is 18.1 Å². The first kappa shape index (κ1) is 14.1. The van der Waals surface area contributed by atoms with Crippen LogP contribution in [0.25, 0.3) is 0 Å². The number of nitrogen functional groups attached to an aromatic ring is 1. The summed E-state index contributed by atoms with van der Waals surface area (Å²) < 4.78 is 0. The number of β-amino-alcohol motifs (C(OH)–C–C–N with tert-alkyl or cyclic N) is 1. The second-order valence-corrected chi connectivity index (χ2v) is 5.25. The summed E-state index contributed by atoms with van der Waals surface area (Å²) in [4.78, 5) is 14.1. The summed E-state index contributed by atoms with van der Waals surface area (Å²) in [5.74, 6) is -0.115. The van der Waals surface area contributed by atoms with Crippen molar-refractivity contribution in [1.82, 2.24) is 4.90 Å². The number of anilines is 2. The maximum atomic E-state index is 12.1. The summed E-state index contributed by atoms with van der Waals surface area (Å²) in [6.07, 6.45) is 0.382. The number of carbonyl (C=O) groups is 1. The molecule has 1 amide bonds. The molecule has 0 saturated carbocycles. The Morgan fingerprint density at radius 2 is 2.37 bits per heavy atom. The molecule has 1 aromatic rings. The lowest BCUT2D eigenvalue weighted by Gasteiger charge is -2.23. The lowest BCUT2D eigenvalue weighted by Crippen LogP contribution is -2.41. The van der Waals surface area contributed by atoms with E-state index in [9.17, 15) is 9.90 Å². The van der Waals surface area contributed by atoms with Crippen molar-refractivity contribution in [1.29, 1.82) is 0 Å². The molecule has 0 aliphatic carbocycles. The van der Waals surface area contributed by atoms with Crippen molar-refractivity contribution in [3.05, 3.63) is 23.2 Å². The van der Waals surface area contributed by atoms with Crippen molar-refractivity contribution in [2.75, 3.05) is 24.1 Å². The second-order valence-electron chi connectivity index (χ2n) is 4.84. The van der Waals surface area contributed by atoms with Crippen LogP contribution in [-0.2, 0) is 4.79 Å². The van der Waals surface area contributed by atoms with Crippen molar-refractivity contribution in [2.24, 2.45) is 0 Å². The van der Waals surface area contributed by atoms with Crippen molar-refractivity contribution >= 4 is 28.9 Å². The van der Waals surface area contributed by atoms with E-state index in [1.54, 1.807) is 18.2 Å². The molecular weight excluding hydrogens is 266 g/mol. The third-order valence-corrected chi connectivity index (χ3v) is 3.73. The summed E-state index contributed by atoms with van der Waals surface area (Å²) in [6.45, 7) is 3.10. The van der Waals surface area contributed by atoms with Gasteiger partial charge in [-0.1, -0.05) is 11.6 Å². The lowest BCUT2D eigenvalue weighted by atomic mass is 10.2. The first-order valence-corrected chi connectivity index (χ1v) is 6.63. The molecule has 6 heteroatoms. The summed E-state index contributed by atoms with van der Waals surface area (Å²) in [7, 11) is 0. The third kappa shape index (κ3) is 3.37. The Hall–Kier alpha value is -1.30. The second kappa shape index (κ2) is 5.77. The van der Waals surface area contributed by atoms with Crippen LogP contribution in [0.4, 0.5) is 11.4 Å². The number of nitrogens with zero attached hydrogens (tertiary/aromatic N) is 1. The number of carbonyl (C=O) groups excluding carboxylic acids is 1. The first-order valence-electron chi connectivity index (χ1n) is 6.25. The Morgan fingerprint density at radius 1 is 1.63 bits per heavy atom. The maximum absolute atomic E-state index is 12.1. The maximum Gasteiger partial charge on any atom is 0.241 e. The highest BCUT2D eigenvalue weighted by Gasteiger charge is 2.28. The molecule has 0 radical (unpaired) electrons. The molecule has 0 aromatic heterocycles. The van der Waals surface area contributed by atoms with Crippen LogP contribution in [0.3, 0.4) is 0 Å². The van der Waals surface area contributed by atoms with Crippen LogP contribution < -0.4 is 11.1 Å². The van der Waals surface area contributed by atoms with Crippen LogP contribution in [0.5, 0.6) is 0 Å². The molecule has 104 valence electrons. The number of likely N-dealkylation sites (tertiary alicyclic amines) is 1. The molecule has 1 aliphatic heterocycles. The zero-order valence-corrected chi connectivity index (χ0v) is 11.5. The predicted octanol–water partition coefficient (Wildman–Crippen LogP) is 1.32. The van der Waals surface area contributed by atoms with Gasteiger partial charge in [-0.3, -0.25) is 9.69 Å². The minimum atomic E-state index is -0.332. The molecule has 0 bridgehead atoms. The van der Waals surface area contributed by atoms with E-state index in [0.717, 1.165) is 6.54 Å². The molecule has 19 heavy (non-hydrogen) atoms. The van der Waals surface area contributed by atoms with E-state index in [1.807, 2.05) is 11.8 Å². The summed E-state index contributed by atoms with van der Waals surface area (Å²) >= 11 is 5.83. The van der Waals surface area contributed by atoms with Crippen LogP contribution in [-0.4, -0.2) is 41.1 Å². The van der Waals surface area contributed by atoms with E-state index >= 15 is 0 Å². The number of nitrogens with two attached hydrogens (primary N) is 1. The normalized spacial score (nSPS) is 21.3. The molecule has 1 aliphatic rings. The van der Waals surface area contributed by atoms with E-state index < -0.39 is 0 Å². The third-order valence-electron chi connectivity index (χ3n) is 3.39. The molecule has 5 nitrogen and oxygen atoms in total. The van der Waals surface area contributed by atoms with Crippen molar-refractivity contribution in [3.8, 4) is 0 Å². The van der Waals surface area contributed by atoms with E-state index in [4.69, 9.17) is 17.3 Å². The Balaban J connectivity index is 1.98. The van der Waals surface area contributed by atoms with Crippen LogP contribution in [0.15, 0.2) is 18.2 Å². The summed E-state index contributed by atoms with van der Waals surface area (Å²) in [6, 6.07) is 4.71. The van der Waals surface area contributed by atoms with Crippen LogP contribution >= 0.6 is 11.6 Å². The summed E-state index contributed by atoms with van der Waals surface area (Å²) in [5, 5.41) is 12.7. The number of benzene rings is 1. The van der Waals surface area contributed by atoms with Gasteiger partial charge in [-0.2, -0.15) is 0 Å². The van der Waals surface area contributed by atoms with Crippen LogP contribution in [0.1, 0.15) is 13.3 Å². The fourth-order valence-corrected chi connectivity index (χ4v) is 2.27. The highest BCUT2D eigenvalue weighted by Crippen LogP contribution is 2.23. The number of aliphatic hydroxyl groups excluding tert-OH is 1. The van der Waals surface area contributed by atoms with E-state index in [0.29, 0.717) is 29.4 Å². The molecule has 1 heterocycles. The molecule has 2 atom stereocenters. The minimum Gasteiger partial charge on any atom is -0.397 e. The lowest BCUT2D eigenvalue weighted by molar-refractivity contribution is -0.120. The highest BCUT2D eigenvalue weighted by atomic mass is 35.5. The molecule has 1 aromatic carbocycles. The number of halogens is 1. The SMILES string of the molecule is CC(C(=O)Nc1ccc(Cl)c(N)c1)N1CCC(O)C1. The van der Waals surface area contributed by atoms with Gasteiger partial charge in [0.15, 0.2) is 0 Å². The number of hydrogen-bond acceptors (Lipinski definition) is 4. The number of amides is 1. The monoisotopic (exact) mass is 283 g/mol. The fourth-order valence-electron chi connectivity index (χ4n) is 2.15. The standard InChI is InChI=1S/C13H18ClN3O2/c1-8(17-5-4-10(18)7-17)13(19)16-9-2-3-11(14)12(15)6-9/h2-3,6,8,10,18H,4-5,7,15H2,1H3,(H,16,19). The largest absolute Gasteiger partial charge is 0.397 e. The molecule has 0 spiro atoms. The van der Waals surface area contributed by atoms with Gasteiger partial charge in [0.1, 0.15) is 0 Å². The van der Waals surface area contributed by atoms with E-state index in [2.05, 4.69) is 5.32 Å². The van der Waals surface area contributed by atoms with Gasteiger partial charge in [0.05, 0.1) is 22.9 Å². The fraction of sp³-hybridized carbons (Fsp3) is 0.462. The number of nitrogens with one attached hydrogen (secondary N) is 1. The van der Waals surface area contributed by atoms with Gasteiger partial charge in [-0.05, 0) is 31.5 Å². The van der Waals surface area contributed by atoms with Gasteiger partial charge in [0.2, 0.25) is 5.91 Å². The quantitative estimate of drug-likeness (QED) is 0.731. The summed E-state index contributed by atoms with van der Waals surface area (Å²) in [5.41, 5.74) is 6.74. The van der Waals surface area contributed by atoms with Crippen LogP contribution in [0.2, 0.25) is 5.02 Å². The molecule has 4 N–H and O–H groups in total. The van der Waals surface area contributed by atoms with Crippen LogP contribution in [0, 0.1) is 0 Å². The van der Waals surface area contributed by atoms with Gasteiger partial charge in [-0.15, -0.1) is 0 Å². The first-order chi connectivity index (χ1) is 8.97. The Morgan fingerprint density at radius 3 is 2.95 bits per heavy atom. The average Bonchev–Trinajstić information content (AvgIpc) is 2.79. The molecule has 2 unspecified atom stereocenters. The number of aliphatic hydroxyl groups is 1. The van der Waals surface area contributed by atoms with E-state index in [1.165, 1.54) is 0 Å².